The Morgan fingerprint density at radius 1 is 1.07 bits per heavy atom. The van der Waals surface area contributed by atoms with Crippen molar-refractivity contribution in [2.24, 2.45) is 0 Å². The molecule has 5 nitrogen and oxygen atoms in total. The molecule has 0 aliphatic heterocycles. The highest BCUT2D eigenvalue weighted by atomic mass is 16.2. The maximum absolute atomic E-state index is 12.4. The average molecular weight is 361 g/mol. The van der Waals surface area contributed by atoms with Crippen LogP contribution in [-0.4, -0.2) is 28.9 Å². The summed E-state index contributed by atoms with van der Waals surface area (Å²) in [6.45, 7) is 3.88. The highest BCUT2D eigenvalue weighted by molar-refractivity contribution is 5.97. The number of anilines is 1. The lowest BCUT2D eigenvalue weighted by Gasteiger charge is -2.18. The minimum Gasteiger partial charge on any atom is -0.316 e. The number of carbonyl (C=O) groups excluding carboxylic acids is 2. The maximum Gasteiger partial charge on any atom is 0.226 e. The minimum atomic E-state index is 0.0533. The van der Waals surface area contributed by atoms with Gasteiger partial charge in [-0.05, 0) is 41.8 Å². The summed E-state index contributed by atoms with van der Waals surface area (Å²) in [7, 11) is 1.79. The third-order valence-electron chi connectivity index (χ3n) is 4.70. The van der Waals surface area contributed by atoms with Crippen molar-refractivity contribution < 1.29 is 9.59 Å². The summed E-state index contributed by atoms with van der Waals surface area (Å²) in [6.07, 6.45) is 2.43. The van der Waals surface area contributed by atoms with Gasteiger partial charge >= 0.3 is 0 Å². The number of ketones is 1. The smallest absolute Gasteiger partial charge is 0.226 e. The Bertz CT molecular complexity index is 944. The van der Waals surface area contributed by atoms with Gasteiger partial charge in [0.1, 0.15) is 0 Å². The van der Waals surface area contributed by atoms with Gasteiger partial charge in [-0.25, -0.2) is 0 Å². The van der Waals surface area contributed by atoms with Crippen molar-refractivity contribution in [3.63, 3.8) is 0 Å². The molecule has 0 bridgehead atoms. The summed E-state index contributed by atoms with van der Waals surface area (Å²) in [5, 5.41) is 6.68. The molecule has 1 N–H and O–H groups in total. The number of benzene rings is 2. The van der Waals surface area contributed by atoms with E-state index in [1.54, 1.807) is 24.2 Å². The molecule has 0 spiro atoms. The Hall–Kier alpha value is -3.21. The number of amides is 1. The van der Waals surface area contributed by atoms with Gasteiger partial charge in [0.2, 0.25) is 5.91 Å². The fraction of sp³-hybridized carbons (Fsp3) is 0.227. The maximum atomic E-state index is 12.4. The summed E-state index contributed by atoms with van der Waals surface area (Å²) in [5.41, 5.74) is 5.58. The first-order valence-corrected chi connectivity index (χ1v) is 8.98. The van der Waals surface area contributed by atoms with Crippen molar-refractivity contribution in [3.8, 4) is 11.1 Å². The molecule has 0 aliphatic carbocycles. The fourth-order valence-corrected chi connectivity index (χ4v) is 3.06. The lowest BCUT2D eigenvalue weighted by molar-refractivity contribution is -0.118. The molecule has 138 valence electrons. The van der Waals surface area contributed by atoms with E-state index in [1.165, 1.54) is 0 Å². The predicted octanol–water partition coefficient (Wildman–Crippen LogP) is 4.18. The number of aromatic nitrogens is 2. The Balaban J connectivity index is 1.78. The van der Waals surface area contributed by atoms with Crippen LogP contribution >= 0.6 is 0 Å². The number of aryl methyl sites for hydroxylation is 1. The molecule has 27 heavy (non-hydrogen) atoms. The van der Waals surface area contributed by atoms with Crippen LogP contribution in [0.5, 0.6) is 0 Å². The van der Waals surface area contributed by atoms with Crippen LogP contribution in [0.3, 0.4) is 0 Å². The highest BCUT2D eigenvalue weighted by Gasteiger charge is 2.12. The van der Waals surface area contributed by atoms with E-state index in [1.807, 2.05) is 56.3 Å². The van der Waals surface area contributed by atoms with E-state index < -0.39 is 0 Å². The van der Waals surface area contributed by atoms with Crippen molar-refractivity contribution in [1.82, 2.24) is 10.2 Å². The van der Waals surface area contributed by atoms with Gasteiger partial charge in [0.15, 0.2) is 5.78 Å². The second-order valence-electron chi connectivity index (χ2n) is 6.56. The molecule has 3 rings (SSSR count). The third kappa shape index (κ3) is 4.14. The number of hydrogen-bond donors (Lipinski definition) is 1. The molecule has 0 aliphatic rings. The van der Waals surface area contributed by atoms with Gasteiger partial charge in [-0.1, -0.05) is 37.3 Å². The van der Waals surface area contributed by atoms with Gasteiger partial charge in [0.05, 0.1) is 6.42 Å². The van der Waals surface area contributed by atoms with Crippen LogP contribution in [0.1, 0.15) is 35.0 Å². The second-order valence-corrected chi connectivity index (χ2v) is 6.56. The average Bonchev–Trinajstić information content (AvgIpc) is 3.19. The molecule has 1 heterocycles. The summed E-state index contributed by atoms with van der Waals surface area (Å²) in [6, 6.07) is 15.4. The third-order valence-corrected chi connectivity index (χ3v) is 4.70. The topological polar surface area (TPSA) is 66.1 Å². The molecule has 0 unspecified atom stereocenters. The number of aromatic amines is 1. The number of hydrogen-bond acceptors (Lipinski definition) is 3. The molecule has 0 atom stereocenters. The van der Waals surface area contributed by atoms with Gasteiger partial charge in [0, 0.05) is 36.6 Å². The van der Waals surface area contributed by atoms with Crippen molar-refractivity contribution in [2.45, 2.75) is 26.7 Å². The van der Waals surface area contributed by atoms with E-state index in [0.29, 0.717) is 18.4 Å². The van der Waals surface area contributed by atoms with Crippen molar-refractivity contribution in [3.05, 3.63) is 71.5 Å². The number of rotatable bonds is 6. The fourth-order valence-electron chi connectivity index (χ4n) is 3.06. The Morgan fingerprint density at radius 3 is 2.41 bits per heavy atom. The molecule has 0 fully saturated rings. The van der Waals surface area contributed by atoms with Crippen LogP contribution in [-0.2, 0) is 11.2 Å². The van der Waals surface area contributed by atoms with Crippen LogP contribution in [0, 0.1) is 6.92 Å². The first-order chi connectivity index (χ1) is 13.0. The van der Waals surface area contributed by atoms with Crippen LogP contribution < -0.4 is 4.90 Å². The van der Waals surface area contributed by atoms with E-state index in [-0.39, 0.29) is 11.7 Å². The first-order valence-electron chi connectivity index (χ1n) is 8.98. The van der Waals surface area contributed by atoms with Gasteiger partial charge in [-0.3, -0.25) is 14.7 Å². The number of nitrogens with zero attached hydrogens (tertiary/aromatic N) is 2. The van der Waals surface area contributed by atoms with Gasteiger partial charge in [-0.2, -0.15) is 5.10 Å². The number of carbonyl (C=O) groups is 2. The summed E-state index contributed by atoms with van der Waals surface area (Å²) in [5.74, 6) is 0.139. The van der Waals surface area contributed by atoms with Crippen molar-refractivity contribution in [1.29, 1.82) is 0 Å². The first kappa shape index (κ1) is 18.6. The van der Waals surface area contributed by atoms with Crippen molar-refractivity contribution in [2.75, 3.05) is 11.9 Å². The molecule has 3 aromatic rings. The summed E-state index contributed by atoms with van der Waals surface area (Å²) < 4.78 is 0. The SMILES string of the molecule is CCC(=O)N(C)c1ccc(-c2ccc(C(=O)Cc3ccn[nH]3)cc2)c(C)c1. The standard InChI is InChI=1S/C22H23N3O2/c1-4-22(27)25(3)19-9-10-20(15(2)13-19)16-5-7-17(8-6-16)21(26)14-18-11-12-23-24-18/h5-13H,4,14H2,1-3H3,(H,23,24). The Kier molecular flexibility index (Phi) is 5.50. The largest absolute Gasteiger partial charge is 0.316 e. The van der Waals surface area contributed by atoms with Crippen LogP contribution in [0.2, 0.25) is 0 Å². The predicted molar refractivity (Wildman–Crippen MR) is 107 cm³/mol. The van der Waals surface area contributed by atoms with Crippen LogP contribution in [0.15, 0.2) is 54.7 Å². The lowest BCUT2D eigenvalue weighted by Crippen LogP contribution is -2.25. The molecule has 2 aromatic carbocycles. The van der Waals surface area contributed by atoms with Crippen molar-refractivity contribution >= 4 is 17.4 Å². The van der Waals surface area contributed by atoms with Gasteiger partial charge in [-0.15, -0.1) is 0 Å². The molecule has 1 amide bonds. The molecule has 0 saturated heterocycles. The minimum absolute atomic E-state index is 0.0533. The van der Waals surface area contributed by atoms with Gasteiger partial charge in [0.25, 0.3) is 0 Å². The normalized spacial score (nSPS) is 10.6. The molecule has 0 saturated carbocycles. The van der Waals surface area contributed by atoms with E-state index in [2.05, 4.69) is 10.2 Å². The molecule has 1 aromatic heterocycles. The van der Waals surface area contributed by atoms with E-state index in [4.69, 9.17) is 0 Å². The molecule has 5 heteroatoms. The van der Waals surface area contributed by atoms with E-state index in [9.17, 15) is 9.59 Å². The number of nitrogens with one attached hydrogen (secondary N) is 1. The van der Waals surface area contributed by atoms with E-state index in [0.717, 1.165) is 28.1 Å². The zero-order valence-corrected chi connectivity index (χ0v) is 15.8. The lowest BCUT2D eigenvalue weighted by atomic mass is 9.97. The quantitative estimate of drug-likeness (QED) is 0.670. The summed E-state index contributed by atoms with van der Waals surface area (Å²) >= 11 is 0. The molecular weight excluding hydrogens is 338 g/mol. The highest BCUT2D eigenvalue weighted by Crippen LogP contribution is 2.28. The zero-order valence-electron chi connectivity index (χ0n) is 15.8. The monoisotopic (exact) mass is 361 g/mol. The van der Waals surface area contributed by atoms with E-state index >= 15 is 0 Å². The van der Waals surface area contributed by atoms with Gasteiger partial charge < -0.3 is 4.90 Å². The zero-order chi connectivity index (χ0) is 19.4. The molecule has 0 radical (unpaired) electrons. The second kappa shape index (κ2) is 7.99. The van der Waals surface area contributed by atoms with Crippen LogP contribution in [0.25, 0.3) is 11.1 Å². The molecular formula is C22H23N3O2. The number of Topliss-reactive ketones (excluding diaryl/α,β-unsaturated/α-hetero) is 1. The Labute approximate surface area is 159 Å². The summed E-state index contributed by atoms with van der Waals surface area (Å²) in [4.78, 5) is 25.9. The number of H-pyrrole nitrogens is 1. The van der Waals surface area contributed by atoms with Crippen LogP contribution in [0.4, 0.5) is 5.69 Å². The Morgan fingerprint density at radius 2 is 1.81 bits per heavy atom.